The van der Waals surface area contributed by atoms with Crippen LogP contribution in [-0.2, 0) is 0 Å². The number of halogens is 2. The maximum Gasteiger partial charge on any atom is 0.142 e. The molecule has 2 nitrogen and oxygen atoms in total. The molecule has 4 heteroatoms. The fourth-order valence-electron chi connectivity index (χ4n) is 2.56. The van der Waals surface area contributed by atoms with Crippen molar-refractivity contribution in [2.45, 2.75) is 31.3 Å². The van der Waals surface area contributed by atoms with Gasteiger partial charge in [0.15, 0.2) is 0 Å². The van der Waals surface area contributed by atoms with Crippen molar-refractivity contribution in [1.29, 1.82) is 0 Å². The predicted molar refractivity (Wildman–Crippen MR) is 68.6 cm³/mol. The van der Waals surface area contributed by atoms with Crippen LogP contribution in [-0.4, -0.2) is 24.5 Å². The maximum absolute atomic E-state index is 13.5. The Hall–Kier alpha value is -0.640. The Labute approximate surface area is 107 Å². The highest BCUT2D eigenvalue weighted by atomic mass is 35.5. The number of hydrogen-bond acceptors (Lipinski definition) is 2. The monoisotopic (exact) mass is 256 g/mol. The van der Waals surface area contributed by atoms with Crippen LogP contribution in [0.25, 0.3) is 0 Å². The highest BCUT2D eigenvalue weighted by molar-refractivity contribution is 6.30. The summed E-state index contributed by atoms with van der Waals surface area (Å²) in [6.07, 6.45) is 3.27. The summed E-state index contributed by atoms with van der Waals surface area (Å²) in [5.74, 6) is -0.367. The molecule has 1 aromatic carbocycles. The van der Waals surface area contributed by atoms with E-state index in [-0.39, 0.29) is 22.9 Å². The number of nitrogens with two attached hydrogens (primary N) is 1. The van der Waals surface area contributed by atoms with Crippen molar-refractivity contribution in [2.75, 3.05) is 13.6 Å². The fraction of sp³-hybridized carbons (Fsp3) is 0.538. The molecule has 0 amide bonds. The summed E-state index contributed by atoms with van der Waals surface area (Å²) in [6.45, 7) is 1.00. The number of hydrogen-bond donors (Lipinski definition) is 1. The topological polar surface area (TPSA) is 29.3 Å². The van der Waals surface area contributed by atoms with Crippen LogP contribution in [0, 0.1) is 5.82 Å². The van der Waals surface area contributed by atoms with Crippen LogP contribution in [0.2, 0.25) is 5.02 Å². The predicted octanol–water partition coefficient (Wildman–Crippen LogP) is 2.96. The number of nitrogens with zero attached hydrogens (tertiary/aromatic N) is 1. The maximum atomic E-state index is 13.5. The van der Waals surface area contributed by atoms with Crippen LogP contribution in [0.1, 0.15) is 30.9 Å². The zero-order valence-electron chi connectivity index (χ0n) is 10.00. The lowest BCUT2D eigenvalue weighted by molar-refractivity contribution is 0.229. The van der Waals surface area contributed by atoms with Crippen LogP contribution in [0.4, 0.5) is 4.39 Å². The molecule has 0 bridgehead atoms. The van der Waals surface area contributed by atoms with E-state index >= 15 is 0 Å². The van der Waals surface area contributed by atoms with Gasteiger partial charge >= 0.3 is 0 Å². The Bertz CT molecular complexity index is 385. The molecule has 0 aromatic heterocycles. The third kappa shape index (κ3) is 2.79. The van der Waals surface area contributed by atoms with E-state index in [9.17, 15) is 4.39 Å². The first-order valence-electron chi connectivity index (χ1n) is 6.00. The van der Waals surface area contributed by atoms with Crippen LogP contribution in [0.15, 0.2) is 18.2 Å². The fourth-order valence-corrected chi connectivity index (χ4v) is 2.68. The van der Waals surface area contributed by atoms with Gasteiger partial charge in [-0.2, -0.15) is 0 Å². The van der Waals surface area contributed by atoms with Crippen LogP contribution in [0.3, 0.4) is 0 Å². The molecule has 1 saturated heterocycles. The number of rotatable bonds is 1. The van der Waals surface area contributed by atoms with Gasteiger partial charge in [0.05, 0.1) is 5.02 Å². The Balaban J connectivity index is 2.31. The van der Waals surface area contributed by atoms with E-state index in [2.05, 4.69) is 4.90 Å². The van der Waals surface area contributed by atoms with E-state index in [1.807, 2.05) is 13.1 Å². The van der Waals surface area contributed by atoms with Crippen molar-refractivity contribution >= 4 is 11.6 Å². The van der Waals surface area contributed by atoms with Gasteiger partial charge in [0.1, 0.15) is 5.82 Å². The summed E-state index contributed by atoms with van der Waals surface area (Å²) in [7, 11) is 2.04. The van der Waals surface area contributed by atoms with Gasteiger partial charge in [-0.3, -0.25) is 4.90 Å². The average Bonchev–Trinajstić information content (AvgIpc) is 2.45. The first-order chi connectivity index (χ1) is 8.09. The van der Waals surface area contributed by atoms with Crippen molar-refractivity contribution < 1.29 is 4.39 Å². The molecular formula is C13H18ClFN2. The van der Waals surface area contributed by atoms with Gasteiger partial charge < -0.3 is 5.73 Å². The molecule has 2 atom stereocenters. The van der Waals surface area contributed by atoms with Crippen LogP contribution in [0.5, 0.6) is 0 Å². The molecule has 1 aromatic rings. The standard InChI is InChI=1S/C13H18ClFN2/c1-17-7-3-2-4-12(16)13(17)9-5-6-10(14)11(15)8-9/h5-6,8,12-13H,2-4,7,16H2,1H3. The normalized spacial score (nSPS) is 26.8. The van der Waals surface area contributed by atoms with Gasteiger partial charge in [0.2, 0.25) is 0 Å². The Morgan fingerprint density at radius 2 is 2.18 bits per heavy atom. The van der Waals surface area contributed by atoms with Crippen molar-refractivity contribution in [2.24, 2.45) is 5.73 Å². The lowest BCUT2D eigenvalue weighted by Crippen LogP contribution is -2.37. The summed E-state index contributed by atoms with van der Waals surface area (Å²) >= 11 is 5.70. The zero-order valence-corrected chi connectivity index (χ0v) is 10.8. The van der Waals surface area contributed by atoms with Gasteiger partial charge in [-0.05, 0) is 44.1 Å². The molecule has 0 aliphatic carbocycles. The summed E-state index contributed by atoms with van der Waals surface area (Å²) in [5, 5.41) is 0.165. The summed E-state index contributed by atoms with van der Waals surface area (Å²) in [6, 6.07) is 5.14. The molecule has 1 heterocycles. The Morgan fingerprint density at radius 1 is 1.41 bits per heavy atom. The molecule has 0 saturated carbocycles. The zero-order chi connectivity index (χ0) is 12.4. The third-order valence-corrected chi connectivity index (χ3v) is 3.77. The minimum absolute atomic E-state index is 0.0584. The molecule has 94 valence electrons. The molecule has 1 aliphatic rings. The summed E-state index contributed by atoms with van der Waals surface area (Å²) in [5.41, 5.74) is 7.11. The van der Waals surface area contributed by atoms with Crippen LogP contribution < -0.4 is 5.73 Å². The molecule has 0 radical (unpaired) electrons. The second kappa shape index (κ2) is 5.34. The van der Waals surface area contributed by atoms with Crippen molar-refractivity contribution in [3.05, 3.63) is 34.6 Å². The smallest absolute Gasteiger partial charge is 0.142 e. The highest BCUT2D eigenvalue weighted by Gasteiger charge is 2.26. The molecule has 1 fully saturated rings. The quantitative estimate of drug-likeness (QED) is 0.837. The van der Waals surface area contributed by atoms with Gasteiger partial charge in [0.25, 0.3) is 0 Å². The second-order valence-corrected chi connectivity index (χ2v) is 5.17. The second-order valence-electron chi connectivity index (χ2n) is 4.76. The Kier molecular flexibility index (Phi) is 4.02. The van der Waals surface area contributed by atoms with Crippen molar-refractivity contribution in [3.63, 3.8) is 0 Å². The molecular weight excluding hydrogens is 239 g/mol. The van der Waals surface area contributed by atoms with E-state index in [0.717, 1.165) is 31.4 Å². The highest BCUT2D eigenvalue weighted by Crippen LogP contribution is 2.29. The van der Waals surface area contributed by atoms with Gasteiger partial charge in [-0.25, -0.2) is 4.39 Å². The minimum atomic E-state index is -0.367. The third-order valence-electron chi connectivity index (χ3n) is 3.46. The van der Waals surface area contributed by atoms with Gasteiger partial charge in [-0.1, -0.05) is 24.1 Å². The molecule has 1 aliphatic heterocycles. The van der Waals surface area contributed by atoms with Crippen molar-refractivity contribution in [1.82, 2.24) is 4.90 Å². The molecule has 0 spiro atoms. The molecule has 2 rings (SSSR count). The largest absolute Gasteiger partial charge is 0.326 e. The molecule has 17 heavy (non-hydrogen) atoms. The first kappa shape index (κ1) is 12.8. The van der Waals surface area contributed by atoms with E-state index in [1.54, 1.807) is 6.07 Å². The van der Waals surface area contributed by atoms with Gasteiger partial charge in [-0.15, -0.1) is 0 Å². The lowest BCUT2D eigenvalue weighted by atomic mass is 9.96. The summed E-state index contributed by atoms with van der Waals surface area (Å²) in [4.78, 5) is 2.21. The molecule has 2 unspecified atom stereocenters. The van der Waals surface area contributed by atoms with Gasteiger partial charge in [0, 0.05) is 12.1 Å². The first-order valence-corrected chi connectivity index (χ1v) is 6.38. The van der Waals surface area contributed by atoms with E-state index < -0.39 is 0 Å². The minimum Gasteiger partial charge on any atom is -0.326 e. The molecule has 2 N–H and O–H groups in total. The number of benzene rings is 1. The number of likely N-dealkylation sites (tertiary alicyclic amines) is 1. The van der Waals surface area contributed by atoms with E-state index in [0.29, 0.717) is 0 Å². The van der Waals surface area contributed by atoms with Crippen molar-refractivity contribution in [3.8, 4) is 0 Å². The summed E-state index contributed by atoms with van der Waals surface area (Å²) < 4.78 is 13.5. The lowest BCUT2D eigenvalue weighted by Gasteiger charge is -2.30. The Morgan fingerprint density at radius 3 is 2.88 bits per heavy atom. The van der Waals surface area contributed by atoms with E-state index in [4.69, 9.17) is 17.3 Å². The van der Waals surface area contributed by atoms with E-state index in [1.165, 1.54) is 6.07 Å². The SMILES string of the molecule is CN1CCCCC(N)C1c1ccc(Cl)c(F)c1. The number of likely N-dealkylation sites (N-methyl/N-ethyl adjacent to an activating group) is 1. The average molecular weight is 257 g/mol. The van der Waals surface area contributed by atoms with Crippen LogP contribution >= 0.6 is 11.6 Å².